The number of aliphatic imine (C=N–C) groups is 3. The summed E-state index contributed by atoms with van der Waals surface area (Å²) in [6, 6.07) is 48.9. The van der Waals surface area contributed by atoms with Crippen molar-refractivity contribution in [2.24, 2.45) is 25.0 Å². The second-order valence-corrected chi connectivity index (χ2v) is 18.5. The van der Waals surface area contributed by atoms with Crippen molar-refractivity contribution in [1.82, 2.24) is 8.47 Å². The Balaban J connectivity index is 1.24. The van der Waals surface area contributed by atoms with E-state index in [1.165, 1.54) is 0 Å². The number of hydrogen-bond acceptors (Lipinski definition) is 8. The van der Waals surface area contributed by atoms with Crippen molar-refractivity contribution in [2.45, 2.75) is 0 Å². The van der Waals surface area contributed by atoms with Crippen LogP contribution in [0.25, 0.3) is 70.3 Å². The molecule has 1 atom stereocenters. The molecule has 0 aliphatic carbocycles. The van der Waals surface area contributed by atoms with Crippen molar-refractivity contribution in [3.8, 4) is 0 Å². The summed E-state index contributed by atoms with van der Waals surface area (Å²) in [7, 11) is -4.88. The van der Waals surface area contributed by atoms with Gasteiger partial charge in [0.05, 0.1) is 0 Å². The van der Waals surface area contributed by atoms with Gasteiger partial charge in [-0.05, 0) is 91.6 Å². The third-order valence-electron chi connectivity index (χ3n) is 12.6. The molecule has 11 heteroatoms. The topological polar surface area (TPSA) is 138 Å². The van der Waals surface area contributed by atoms with E-state index >= 15 is 0 Å². The first-order valence-electron chi connectivity index (χ1n) is 19.7. The normalized spacial score (nSPS) is 18.6. The lowest BCUT2D eigenvalue weighted by Gasteiger charge is -2.30. The first-order chi connectivity index (χ1) is 29.4. The summed E-state index contributed by atoms with van der Waals surface area (Å²) in [6.45, 7) is 0. The fraction of sp³-hybridized carbons (Fsp3) is 0. The van der Waals surface area contributed by atoms with Crippen LogP contribution in [0, 0.1) is 0 Å². The number of aromatic nitrogens is 2. The van der Waals surface area contributed by atoms with Crippen LogP contribution in [-0.2, 0) is 0 Å². The average molecular weight is 789 g/mol. The van der Waals surface area contributed by atoms with Crippen LogP contribution in [0.4, 0.5) is 11.6 Å². The lowest BCUT2D eigenvalue weighted by Crippen LogP contribution is -2.62. The predicted molar refractivity (Wildman–Crippen MR) is 241 cm³/mol. The summed E-state index contributed by atoms with van der Waals surface area (Å²) < 4.78 is 3.40. The van der Waals surface area contributed by atoms with E-state index in [1.807, 2.05) is 78.9 Å². The zero-order valence-corrected chi connectivity index (χ0v) is 32.5. The van der Waals surface area contributed by atoms with E-state index in [2.05, 4.69) is 66.7 Å². The van der Waals surface area contributed by atoms with E-state index in [1.54, 1.807) is 8.47 Å². The largest absolute Gasteiger partial charge is 0.509 e. The maximum absolute atomic E-state index is 14.4. The molecule has 0 spiro atoms. The van der Waals surface area contributed by atoms with E-state index in [0.717, 1.165) is 70.6 Å². The maximum atomic E-state index is 14.4. The van der Waals surface area contributed by atoms with Crippen molar-refractivity contribution in [3.05, 3.63) is 184 Å². The molecular weight excluding hydrogens is 761 g/mol. The molecule has 0 amide bonds. The average Bonchev–Trinajstić information content (AvgIpc) is 3.97. The maximum Gasteiger partial charge on any atom is 0.503 e. The molecule has 14 rings (SSSR count). The number of nitrogens with zero attached hydrogens (tertiary/aromatic N) is 7. The van der Waals surface area contributed by atoms with Crippen LogP contribution in [0.1, 0.15) is 22.3 Å². The highest BCUT2D eigenvalue weighted by atomic mass is 28.4. The standard InChI is InChI=1S/C49H28N8O2Si/c50-42-34-18-26-10-2-6-14-30(26)22-38(34)46-54-44-36-20-28-12-4-5-13-29(28)21-37(36)45(52-44)55-48-40-24-32-16-8-7-15-31(32)23-39(40)47-53-43-35-19-27-11-3-1-9-25(27)17-33(35)41(51-43)49(58)60(59,56(42)46)57(47)48/h1-24,58-59H,50H2/b49-41-,53-47?,54-44?,55-48?. The molecule has 0 saturated carbocycles. The van der Waals surface area contributed by atoms with Gasteiger partial charge in [0, 0.05) is 43.8 Å². The molecular formula is C49H28N8O2Si. The number of fused-ring (bicyclic) bond motifs is 19. The third kappa shape index (κ3) is 3.97. The smallest absolute Gasteiger partial charge is 0.503 e. The lowest BCUT2D eigenvalue weighted by molar-refractivity contribution is 0.390. The summed E-state index contributed by atoms with van der Waals surface area (Å²) >= 11 is 0. The molecule has 0 saturated heterocycles. The molecule has 4 N–H and O–H groups in total. The van der Waals surface area contributed by atoms with Gasteiger partial charge >= 0.3 is 8.64 Å². The van der Waals surface area contributed by atoms with E-state index in [9.17, 15) is 9.90 Å². The Labute approximate surface area is 340 Å². The number of benzene rings is 8. The minimum atomic E-state index is -4.88. The molecule has 6 heterocycles. The summed E-state index contributed by atoms with van der Waals surface area (Å²) in [5.74, 6) is 1.88. The molecule has 280 valence electrons. The fourth-order valence-electron chi connectivity index (χ4n) is 9.77. The van der Waals surface area contributed by atoms with Crippen molar-refractivity contribution >= 4 is 108 Å². The third-order valence-corrected chi connectivity index (χ3v) is 15.6. The van der Waals surface area contributed by atoms with Crippen molar-refractivity contribution in [2.75, 3.05) is 5.73 Å². The number of hydrogen-bond donors (Lipinski definition) is 3. The summed E-state index contributed by atoms with van der Waals surface area (Å²) in [5.41, 5.74) is 11.4. The summed E-state index contributed by atoms with van der Waals surface area (Å²) in [6.07, 6.45) is 0. The molecule has 10 aromatic rings. The number of nitrogen functional groups attached to an aromatic ring is 1. The summed E-state index contributed by atoms with van der Waals surface area (Å²) in [5, 5.41) is 23.8. The summed E-state index contributed by atoms with van der Waals surface area (Å²) in [4.78, 5) is 40.8. The number of amidine groups is 3. The predicted octanol–water partition coefficient (Wildman–Crippen LogP) is 8.45. The Bertz CT molecular complexity index is 4010. The van der Waals surface area contributed by atoms with E-state index in [-0.39, 0.29) is 16.9 Å². The molecule has 4 aliphatic rings. The molecule has 60 heavy (non-hydrogen) atoms. The lowest BCUT2D eigenvalue weighted by atomic mass is 10.0. The molecule has 1 unspecified atom stereocenters. The Kier molecular flexibility index (Phi) is 5.83. The van der Waals surface area contributed by atoms with Crippen LogP contribution in [0.2, 0.25) is 0 Å². The monoisotopic (exact) mass is 788 g/mol. The van der Waals surface area contributed by atoms with Crippen LogP contribution in [-0.4, -0.2) is 44.5 Å². The molecule has 10 nitrogen and oxygen atoms in total. The molecule has 4 aliphatic heterocycles. The molecule has 0 fully saturated rings. The second kappa shape index (κ2) is 10.9. The molecule has 4 bridgehead atoms. The zero-order valence-electron chi connectivity index (χ0n) is 31.5. The van der Waals surface area contributed by atoms with Crippen LogP contribution in [0.15, 0.2) is 176 Å². The van der Waals surface area contributed by atoms with Crippen molar-refractivity contribution in [3.63, 3.8) is 0 Å². The number of rotatable bonds is 0. The molecule has 0 radical (unpaired) electrons. The molecule has 8 aromatic carbocycles. The van der Waals surface area contributed by atoms with Gasteiger partial charge in [0.2, 0.25) is 0 Å². The van der Waals surface area contributed by atoms with Gasteiger partial charge in [-0.3, -0.25) is 8.47 Å². The van der Waals surface area contributed by atoms with Crippen LogP contribution in [0.5, 0.6) is 0 Å². The van der Waals surface area contributed by atoms with Gasteiger partial charge in [-0.25, -0.2) is 25.0 Å². The van der Waals surface area contributed by atoms with Crippen molar-refractivity contribution < 1.29 is 9.90 Å². The van der Waals surface area contributed by atoms with Gasteiger partial charge in [0.15, 0.2) is 22.9 Å². The Morgan fingerprint density at radius 3 is 1.30 bits per heavy atom. The number of nitrogens with two attached hydrogens (primary N) is 1. The van der Waals surface area contributed by atoms with Gasteiger partial charge in [-0.1, -0.05) is 97.1 Å². The number of anilines is 1. The van der Waals surface area contributed by atoms with Crippen LogP contribution >= 0.6 is 0 Å². The Morgan fingerprint density at radius 1 is 0.417 bits per heavy atom. The van der Waals surface area contributed by atoms with Gasteiger partial charge in [0.1, 0.15) is 28.3 Å². The first kappa shape index (κ1) is 32.0. The van der Waals surface area contributed by atoms with Crippen LogP contribution < -0.4 is 16.7 Å². The highest BCUT2D eigenvalue weighted by Crippen LogP contribution is 2.44. The number of aliphatic hydroxyl groups excluding tert-OH is 1. The second-order valence-electron chi connectivity index (χ2n) is 15.9. The highest BCUT2D eigenvalue weighted by molar-refractivity contribution is 6.78. The minimum Gasteiger partial charge on any atom is -0.509 e. The zero-order chi connectivity index (χ0) is 39.6. The van der Waals surface area contributed by atoms with Gasteiger partial charge < -0.3 is 15.6 Å². The molecule has 2 aromatic heterocycles. The fourth-order valence-corrected chi connectivity index (χ4v) is 12.8. The first-order valence-corrected chi connectivity index (χ1v) is 21.6. The Hall–Kier alpha value is -7.99. The number of aliphatic hydroxyl groups is 1. The van der Waals surface area contributed by atoms with E-state index in [4.69, 9.17) is 30.7 Å². The van der Waals surface area contributed by atoms with E-state index in [0.29, 0.717) is 50.6 Å². The Morgan fingerprint density at radius 2 is 0.800 bits per heavy atom. The van der Waals surface area contributed by atoms with Gasteiger partial charge in [0.25, 0.3) is 0 Å². The van der Waals surface area contributed by atoms with Gasteiger partial charge in [-0.15, -0.1) is 0 Å². The van der Waals surface area contributed by atoms with Gasteiger partial charge in [-0.2, -0.15) is 0 Å². The van der Waals surface area contributed by atoms with Crippen LogP contribution in [0.3, 0.4) is 0 Å². The SMILES string of the molecule is Nc1c2cc3ccccc3cc2c2n1[Si]1(O)/C(O)=C3\N=C(N=c4c5cc6ccccc6cc5c(n41)=NC1=NC(=N2)c2cc4ccccc4cc21)c1cc2ccccc2cc13. The van der Waals surface area contributed by atoms with E-state index < -0.39 is 8.64 Å². The quantitative estimate of drug-likeness (QED) is 0.133. The van der Waals surface area contributed by atoms with Crippen molar-refractivity contribution in [1.29, 1.82) is 0 Å². The minimum absolute atomic E-state index is 0.232. The highest BCUT2D eigenvalue weighted by Gasteiger charge is 2.53.